The van der Waals surface area contributed by atoms with Gasteiger partial charge in [0.2, 0.25) is 0 Å². The molecule has 0 saturated heterocycles. The molecule has 0 unspecified atom stereocenters. The molecule has 4 rings (SSSR count). The molecule has 1 atom stereocenters. The number of benzene rings is 4. The fourth-order valence-electron chi connectivity index (χ4n) is 3.45. The maximum absolute atomic E-state index is 3.67. The van der Waals surface area contributed by atoms with E-state index in [9.17, 15) is 0 Å². The van der Waals surface area contributed by atoms with E-state index in [1.165, 1.54) is 33.0 Å². The fraction of sp³-hybridized carbons (Fsp3) is 0.120. The molecule has 4 aromatic rings. The molecule has 4 aromatic carbocycles. The van der Waals surface area contributed by atoms with Crippen LogP contribution in [0.4, 0.5) is 0 Å². The Morgan fingerprint density at radius 1 is 0.654 bits per heavy atom. The predicted molar refractivity (Wildman–Crippen MR) is 111 cm³/mol. The van der Waals surface area contributed by atoms with E-state index in [0.717, 1.165) is 6.54 Å². The molecule has 0 saturated carbocycles. The van der Waals surface area contributed by atoms with Crippen LogP contribution in [0, 0.1) is 0 Å². The van der Waals surface area contributed by atoms with Crippen LogP contribution >= 0.6 is 0 Å². The molecule has 0 amide bonds. The normalized spacial score (nSPS) is 12.2. The minimum absolute atomic E-state index is 0.301. The lowest BCUT2D eigenvalue weighted by atomic mass is 9.99. The van der Waals surface area contributed by atoms with Gasteiger partial charge in [-0.15, -0.1) is 0 Å². The Balaban J connectivity index is 1.47. The molecule has 0 fully saturated rings. The van der Waals surface area contributed by atoms with Crippen LogP contribution in [0.3, 0.4) is 0 Å². The Morgan fingerprint density at radius 3 is 2.12 bits per heavy atom. The molecule has 26 heavy (non-hydrogen) atoms. The minimum atomic E-state index is 0.301. The molecule has 0 aliphatic carbocycles. The quantitative estimate of drug-likeness (QED) is 0.447. The molecule has 1 nitrogen and oxygen atoms in total. The molecule has 0 bridgehead atoms. The van der Waals surface area contributed by atoms with E-state index in [4.69, 9.17) is 0 Å². The van der Waals surface area contributed by atoms with Gasteiger partial charge in [0.15, 0.2) is 0 Å². The van der Waals surface area contributed by atoms with Crippen molar-refractivity contribution in [2.45, 2.75) is 19.5 Å². The first-order valence-corrected chi connectivity index (χ1v) is 9.17. The van der Waals surface area contributed by atoms with Crippen molar-refractivity contribution in [1.82, 2.24) is 5.32 Å². The highest BCUT2D eigenvalue weighted by atomic mass is 14.9. The maximum Gasteiger partial charge on any atom is 0.0301 e. The van der Waals surface area contributed by atoms with Crippen molar-refractivity contribution >= 4 is 10.8 Å². The predicted octanol–water partition coefficient (Wildman–Crippen LogP) is 6.36. The fourth-order valence-corrected chi connectivity index (χ4v) is 3.45. The molecule has 1 N–H and O–H groups in total. The number of hydrogen-bond donors (Lipinski definition) is 1. The van der Waals surface area contributed by atoms with Gasteiger partial charge in [-0.2, -0.15) is 0 Å². The van der Waals surface area contributed by atoms with Gasteiger partial charge in [0.25, 0.3) is 0 Å². The molecule has 128 valence electrons. The molecule has 0 aliphatic rings. The summed E-state index contributed by atoms with van der Waals surface area (Å²) < 4.78 is 0. The van der Waals surface area contributed by atoms with Crippen molar-refractivity contribution in [2.24, 2.45) is 0 Å². The largest absolute Gasteiger partial charge is 0.306 e. The third-order valence-corrected chi connectivity index (χ3v) is 4.96. The first-order chi connectivity index (χ1) is 12.8. The molecular weight excluding hydrogens is 314 g/mol. The van der Waals surface area contributed by atoms with Crippen molar-refractivity contribution < 1.29 is 0 Å². The summed E-state index contributed by atoms with van der Waals surface area (Å²) in [5.41, 5.74) is 5.17. The van der Waals surface area contributed by atoms with Crippen LogP contribution in [0.5, 0.6) is 0 Å². The molecule has 0 radical (unpaired) electrons. The van der Waals surface area contributed by atoms with Crippen molar-refractivity contribution in [1.29, 1.82) is 0 Å². The Labute approximate surface area is 155 Å². The first kappa shape index (κ1) is 16.6. The lowest BCUT2D eigenvalue weighted by molar-refractivity contribution is 0.578. The molecule has 0 aliphatic heterocycles. The topological polar surface area (TPSA) is 12.0 Å². The standard InChI is InChI=1S/C25H23N/c1-19(24-13-7-11-23-10-5-6-12-25(23)24)26-18-20-14-16-22(17-15-20)21-8-3-2-4-9-21/h2-17,19,26H,18H2,1H3/t19-/m1/s1. The summed E-state index contributed by atoms with van der Waals surface area (Å²) in [5, 5.41) is 6.29. The van der Waals surface area contributed by atoms with Gasteiger partial charge >= 0.3 is 0 Å². The molecule has 1 heteroatoms. The third kappa shape index (κ3) is 3.54. The Bertz CT molecular complexity index is 982. The van der Waals surface area contributed by atoms with E-state index < -0.39 is 0 Å². The summed E-state index contributed by atoms with van der Waals surface area (Å²) >= 11 is 0. The summed E-state index contributed by atoms with van der Waals surface area (Å²) in [6.07, 6.45) is 0. The number of fused-ring (bicyclic) bond motifs is 1. The lowest BCUT2D eigenvalue weighted by Crippen LogP contribution is -2.18. The average Bonchev–Trinajstić information content (AvgIpc) is 2.72. The van der Waals surface area contributed by atoms with Gasteiger partial charge in [0.05, 0.1) is 0 Å². The van der Waals surface area contributed by atoms with E-state index in [-0.39, 0.29) is 0 Å². The van der Waals surface area contributed by atoms with Gasteiger partial charge in [-0.1, -0.05) is 97.1 Å². The van der Waals surface area contributed by atoms with Crippen LogP contribution in [0.15, 0.2) is 97.1 Å². The van der Waals surface area contributed by atoms with Crippen LogP contribution in [-0.2, 0) is 6.54 Å². The zero-order chi connectivity index (χ0) is 17.8. The Hall–Kier alpha value is -2.90. The van der Waals surface area contributed by atoms with Gasteiger partial charge in [-0.3, -0.25) is 0 Å². The van der Waals surface area contributed by atoms with Crippen LogP contribution in [0.2, 0.25) is 0 Å². The highest BCUT2D eigenvalue weighted by Crippen LogP contribution is 2.24. The Morgan fingerprint density at radius 2 is 1.31 bits per heavy atom. The van der Waals surface area contributed by atoms with Gasteiger partial charge in [-0.05, 0) is 39.9 Å². The Kier molecular flexibility index (Phi) is 4.81. The van der Waals surface area contributed by atoms with Gasteiger partial charge in [-0.25, -0.2) is 0 Å². The monoisotopic (exact) mass is 337 g/mol. The summed E-state index contributed by atoms with van der Waals surface area (Å²) in [7, 11) is 0. The minimum Gasteiger partial charge on any atom is -0.306 e. The molecule has 0 aromatic heterocycles. The van der Waals surface area contributed by atoms with Crippen molar-refractivity contribution in [3.63, 3.8) is 0 Å². The van der Waals surface area contributed by atoms with Crippen molar-refractivity contribution in [3.8, 4) is 11.1 Å². The summed E-state index contributed by atoms with van der Waals surface area (Å²) in [6.45, 7) is 3.10. The third-order valence-electron chi connectivity index (χ3n) is 4.96. The van der Waals surface area contributed by atoms with Gasteiger partial charge < -0.3 is 5.32 Å². The number of hydrogen-bond acceptors (Lipinski definition) is 1. The van der Waals surface area contributed by atoms with Crippen LogP contribution in [0.1, 0.15) is 24.1 Å². The number of rotatable bonds is 5. The second-order valence-electron chi connectivity index (χ2n) is 6.73. The van der Waals surface area contributed by atoms with E-state index in [2.05, 4.69) is 109 Å². The van der Waals surface area contributed by atoms with E-state index in [1.807, 2.05) is 0 Å². The highest BCUT2D eigenvalue weighted by molar-refractivity contribution is 5.86. The maximum atomic E-state index is 3.67. The molecular formula is C25H23N. The number of nitrogens with one attached hydrogen (secondary N) is 1. The van der Waals surface area contributed by atoms with Crippen molar-refractivity contribution in [2.75, 3.05) is 0 Å². The zero-order valence-corrected chi connectivity index (χ0v) is 15.0. The SMILES string of the molecule is C[C@@H](NCc1ccc(-c2ccccc2)cc1)c1cccc2ccccc12. The van der Waals surface area contributed by atoms with E-state index in [0.29, 0.717) is 6.04 Å². The summed E-state index contributed by atoms with van der Waals surface area (Å²) in [6, 6.07) is 34.8. The van der Waals surface area contributed by atoms with Crippen LogP contribution in [0.25, 0.3) is 21.9 Å². The van der Waals surface area contributed by atoms with Gasteiger partial charge in [0.1, 0.15) is 0 Å². The zero-order valence-electron chi connectivity index (χ0n) is 15.0. The van der Waals surface area contributed by atoms with Crippen LogP contribution < -0.4 is 5.32 Å². The average molecular weight is 337 g/mol. The molecule has 0 heterocycles. The second kappa shape index (κ2) is 7.55. The lowest BCUT2D eigenvalue weighted by Gasteiger charge is -2.17. The first-order valence-electron chi connectivity index (χ1n) is 9.17. The highest BCUT2D eigenvalue weighted by Gasteiger charge is 2.08. The summed E-state index contributed by atoms with van der Waals surface area (Å²) in [4.78, 5) is 0. The van der Waals surface area contributed by atoms with E-state index in [1.54, 1.807) is 0 Å². The molecule has 0 spiro atoms. The van der Waals surface area contributed by atoms with E-state index >= 15 is 0 Å². The van der Waals surface area contributed by atoms with Crippen molar-refractivity contribution in [3.05, 3.63) is 108 Å². The smallest absolute Gasteiger partial charge is 0.0301 e. The van der Waals surface area contributed by atoms with Gasteiger partial charge in [0, 0.05) is 12.6 Å². The second-order valence-corrected chi connectivity index (χ2v) is 6.73. The summed E-state index contributed by atoms with van der Waals surface area (Å²) in [5.74, 6) is 0. The van der Waals surface area contributed by atoms with Crippen LogP contribution in [-0.4, -0.2) is 0 Å².